The lowest BCUT2D eigenvalue weighted by Crippen LogP contribution is -2.54. The second-order valence-corrected chi connectivity index (χ2v) is 8.99. The average molecular weight is 443 g/mol. The maximum atomic E-state index is 13.7. The van der Waals surface area contributed by atoms with E-state index in [1.807, 2.05) is 6.07 Å². The molecule has 0 aliphatic carbocycles. The van der Waals surface area contributed by atoms with Gasteiger partial charge in [-0.15, -0.1) is 0 Å². The van der Waals surface area contributed by atoms with Crippen molar-refractivity contribution in [2.75, 3.05) is 22.7 Å². The first-order valence-corrected chi connectivity index (χ1v) is 10.5. The second-order valence-electron chi connectivity index (χ2n) is 6.45. The fourth-order valence-corrected chi connectivity index (χ4v) is 4.31. The predicted octanol–water partition coefficient (Wildman–Crippen LogP) is 2.97. The first kappa shape index (κ1) is 19.1. The minimum Gasteiger partial charge on any atom is -0.368 e. The Bertz CT molecular complexity index is 899. The molecule has 9 heteroatoms. The van der Waals surface area contributed by atoms with E-state index in [0.29, 0.717) is 12.1 Å². The van der Waals surface area contributed by atoms with Gasteiger partial charge in [0.15, 0.2) is 0 Å². The van der Waals surface area contributed by atoms with Crippen LogP contribution in [0.2, 0.25) is 0 Å². The molecule has 6 nitrogen and oxygen atoms in total. The number of halogens is 2. The molecule has 2 aromatic rings. The molecule has 0 radical (unpaired) electrons. The van der Waals surface area contributed by atoms with Gasteiger partial charge in [-0.3, -0.25) is 4.72 Å². The first-order valence-electron chi connectivity index (χ1n) is 8.19. The van der Waals surface area contributed by atoms with Gasteiger partial charge in [0.2, 0.25) is 0 Å². The molecule has 140 valence electrons. The largest absolute Gasteiger partial charge is 0.368 e. The van der Waals surface area contributed by atoms with Crippen molar-refractivity contribution in [3.63, 3.8) is 0 Å². The first-order chi connectivity index (χ1) is 12.2. The SMILES string of the molecule is C[C@@H]1CN(c2ccnc(NS(=O)(=O)c3ccc(Br)c(F)c3)c2)C[C@H](C)N1. The van der Waals surface area contributed by atoms with Crippen LogP contribution in [0.15, 0.2) is 45.9 Å². The van der Waals surface area contributed by atoms with Crippen molar-refractivity contribution in [3.8, 4) is 0 Å². The standard InChI is InChI=1S/C17H20BrFN4O2S/c1-11-9-23(10-12(2)21-11)13-5-6-20-17(7-13)22-26(24,25)14-3-4-15(18)16(19)8-14/h3-8,11-12,21H,9-10H2,1-2H3,(H,20,22)/t11-,12+. The third kappa shape index (κ3) is 4.33. The van der Waals surface area contributed by atoms with Crippen LogP contribution in [0.25, 0.3) is 0 Å². The van der Waals surface area contributed by atoms with E-state index in [9.17, 15) is 12.8 Å². The molecule has 1 fully saturated rings. The van der Waals surface area contributed by atoms with Gasteiger partial charge < -0.3 is 10.2 Å². The molecule has 0 spiro atoms. The zero-order chi connectivity index (χ0) is 18.9. The fourth-order valence-electron chi connectivity index (χ4n) is 3.05. The van der Waals surface area contributed by atoms with E-state index in [2.05, 4.69) is 49.7 Å². The molecule has 0 amide bonds. The van der Waals surface area contributed by atoms with E-state index in [4.69, 9.17) is 0 Å². The molecule has 1 aromatic heterocycles. The van der Waals surface area contributed by atoms with Crippen molar-refractivity contribution < 1.29 is 12.8 Å². The van der Waals surface area contributed by atoms with E-state index in [-0.39, 0.29) is 15.2 Å². The number of pyridine rings is 1. The summed E-state index contributed by atoms with van der Waals surface area (Å²) >= 11 is 3.01. The van der Waals surface area contributed by atoms with Crippen LogP contribution in [0.1, 0.15) is 13.8 Å². The number of hydrogen-bond donors (Lipinski definition) is 2. The smallest absolute Gasteiger partial charge is 0.263 e. The second kappa shape index (κ2) is 7.50. The lowest BCUT2D eigenvalue weighted by atomic mass is 10.1. The minimum absolute atomic E-state index is 0.158. The summed E-state index contributed by atoms with van der Waals surface area (Å²) in [4.78, 5) is 6.11. The van der Waals surface area contributed by atoms with E-state index >= 15 is 0 Å². The van der Waals surface area contributed by atoms with Crippen molar-refractivity contribution in [2.24, 2.45) is 0 Å². The Labute approximate surface area is 161 Å². The molecule has 1 aliphatic rings. The molecule has 0 bridgehead atoms. The summed E-state index contributed by atoms with van der Waals surface area (Å²) in [6.45, 7) is 5.85. The number of sulfonamides is 1. The molecule has 2 heterocycles. The van der Waals surface area contributed by atoms with E-state index in [1.54, 1.807) is 12.3 Å². The van der Waals surface area contributed by atoms with Crippen LogP contribution in [-0.4, -0.2) is 38.6 Å². The highest BCUT2D eigenvalue weighted by Gasteiger charge is 2.22. The normalized spacial score (nSPS) is 20.8. The van der Waals surface area contributed by atoms with Crippen LogP contribution in [0.5, 0.6) is 0 Å². The number of nitrogens with zero attached hydrogens (tertiary/aromatic N) is 2. The summed E-state index contributed by atoms with van der Waals surface area (Å²) < 4.78 is 41.3. The van der Waals surface area contributed by atoms with Crippen LogP contribution in [0, 0.1) is 5.82 Å². The molecule has 0 saturated carbocycles. The van der Waals surface area contributed by atoms with Gasteiger partial charge in [-0.25, -0.2) is 17.8 Å². The van der Waals surface area contributed by atoms with Crippen molar-refractivity contribution >= 4 is 37.5 Å². The molecular weight excluding hydrogens is 423 g/mol. The maximum Gasteiger partial charge on any atom is 0.263 e. The summed E-state index contributed by atoms with van der Waals surface area (Å²) in [5.41, 5.74) is 0.889. The molecule has 0 unspecified atom stereocenters. The lowest BCUT2D eigenvalue weighted by molar-refractivity contribution is 0.407. The lowest BCUT2D eigenvalue weighted by Gasteiger charge is -2.37. The Morgan fingerprint density at radius 1 is 1.23 bits per heavy atom. The molecule has 1 aromatic carbocycles. The Hall–Kier alpha value is -1.71. The summed E-state index contributed by atoms with van der Waals surface area (Å²) in [5, 5.41) is 3.45. The summed E-state index contributed by atoms with van der Waals surface area (Å²) in [6, 6.07) is 7.86. The average Bonchev–Trinajstić information content (AvgIpc) is 2.56. The van der Waals surface area contributed by atoms with Crippen molar-refractivity contribution in [2.45, 2.75) is 30.8 Å². The topological polar surface area (TPSA) is 74.3 Å². The molecule has 26 heavy (non-hydrogen) atoms. The van der Waals surface area contributed by atoms with Crippen LogP contribution in [-0.2, 0) is 10.0 Å². The third-order valence-corrected chi connectivity index (χ3v) is 6.10. The number of hydrogen-bond acceptors (Lipinski definition) is 5. The van der Waals surface area contributed by atoms with Crippen molar-refractivity contribution in [3.05, 3.63) is 46.8 Å². The monoisotopic (exact) mass is 442 g/mol. The van der Waals surface area contributed by atoms with Gasteiger partial charge >= 0.3 is 0 Å². The van der Waals surface area contributed by atoms with Gasteiger partial charge in [0.1, 0.15) is 11.6 Å². The number of aromatic nitrogens is 1. The highest BCUT2D eigenvalue weighted by Crippen LogP contribution is 2.24. The minimum atomic E-state index is -3.93. The Kier molecular flexibility index (Phi) is 5.50. The van der Waals surface area contributed by atoms with Gasteiger partial charge in [0.25, 0.3) is 10.0 Å². The zero-order valence-electron chi connectivity index (χ0n) is 14.4. The molecule has 1 saturated heterocycles. The van der Waals surface area contributed by atoms with Gasteiger partial charge in [-0.2, -0.15) is 0 Å². The van der Waals surface area contributed by atoms with Crippen LogP contribution >= 0.6 is 15.9 Å². The van der Waals surface area contributed by atoms with E-state index in [0.717, 1.165) is 24.8 Å². The molecule has 2 atom stereocenters. The number of piperazine rings is 1. The van der Waals surface area contributed by atoms with Gasteiger partial charge in [-0.1, -0.05) is 0 Å². The number of nitrogens with one attached hydrogen (secondary N) is 2. The number of rotatable bonds is 4. The van der Waals surface area contributed by atoms with E-state index < -0.39 is 15.8 Å². The van der Waals surface area contributed by atoms with Gasteiger partial charge in [0.05, 0.1) is 9.37 Å². The zero-order valence-corrected chi connectivity index (χ0v) is 16.8. The Balaban J connectivity index is 1.83. The molecule has 1 aliphatic heterocycles. The highest BCUT2D eigenvalue weighted by atomic mass is 79.9. The van der Waals surface area contributed by atoms with Crippen molar-refractivity contribution in [1.82, 2.24) is 10.3 Å². The maximum absolute atomic E-state index is 13.7. The fraction of sp³-hybridized carbons (Fsp3) is 0.353. The van der Waals surface area contributed by atoms with Gasteiger partial charge in [0, 0.05) is 43.1 Å². The third-order valence-electron chi connectivity index (χ3n) is 4.11. The summed E-state index contributed by atoms with van der Waals surface area (Å²) in [6.07, 6.45) is 1.56. The molecular formula is C17H20BrFN4O2S. The van der Waals surface area contributed by atoms with Crippen LogP contribution < -0.4 is 14.9 Å². The number of anilines is 2. The number of benzene rings is 1. The summed E-state index contributed by atoms with van der Waals surface area (Å²) in [5.74, 6) is -0.442. The highest BCUT2D eigenvalue weighted by molar-refractivity contribution is 9.10. The van der Waals surface area contributed by atoms with Crippen LogP contribution in [0.4, 0.5) is 15.9 Å². The summed E-state index contributed by atoms with van der Waals surface area (Å²) in [7, 11) is -3.93. The molecule has 3 rings (SSSR count). The Morgan fingerprint density at radius 3 is 2.58 bits per heavy atom. The Morgan fingerprint density at radius 2 is 1.92 bits per heavy atom. The van der Waals surface area contributed by atoms with E-state index in [1.165, 1.54) is 12.1 Å². The molecule has 2 N–H and O–H groups in total. The van der Waals surface area contributed by atoms with Crippen LogP contribution in [0.3, 0.4) is 0 Å². The van der Waals surface area contributed by atoms with Crippen molar-refractivity contribution in [1.29, 1.82) is 0 Å². The quantitative estimate of drug-likeness (QED) is 0.760. The van der Waals surface area contributed by atoms with Gasteiger partial charge in [-0.05, 0) is 54.0 Å². The predicted molar refractivity (Wildman–Crippen MR) is 103 cm³/mol.